The Morgan fingerprint density at radius 3 is 2.45 bits per heavy atom. The molecule has 0 aliphatic heterocycles. The summed E-state index contributed by atoms with van der Waals surface area (Å²) in [6.45, 7) is 7.59. The Hall–Kier alpha value is -3.02. The number of ether oxygens (including phenoxy) is 1. The summed E-state index contributed by atoms with van der Waals surface area (Å²) in [5.74, 6) is 1.87. The summed E-state index contributed by atoms with van der Waals surface area (Å²) in [6, 6.07) is 9.63. The van der Waals surface area contributed by atoms with Gasteiger partial charge in [0.2, 0.25) is 0 Å². The van der Waals surface area contributed by atoms with Crippen LogP contribution in [0.3, 0.4) is 0 Å². The quantitative estimate of drug-likeness (QED) is 0.605. The first-order valence-electron chi connectivity index (χ1n) is 9.92. The molecular formula is C23H26N4O2. The maximum absolute atomic E-state index is 12.8. The standard InChI is InChI=1S/C23H26N4O2/c1-14-6-9-19(24-13-14)16-10-17(12-18(11-16)22(28)29-23(2,3)4)21-26-25-20(27(21)5)15-7-8-15/h6,9-13,15H,7-8H2,1-5H3. The van der Waals surface area contributed by atoms with Gasteiger partial charge >= 0.3 is 5.97 Å². The Balaban J connectivity index is 1.81. The van der Waals surface area contributed by atoms with E-state index < -0.39 is 5.60 Å². The number of rotatable bonds is 4. The minimum atomic E-state index is -0.570. The van der Waals surface area contributed by atoms with Crippen molar-refractivity contribution in [2.75, 3.05) is 0 Å². The molecule has 0 bridgehead atoms. The lowest BCUT2D eigenvalue weighted by atomic mass is 10.0. The van der Waals surface area contributed by atoms with Gasteiger partial charge in [-0.3, -0.25) is 4.98 Å². The normalized spacial score (nSPS) is 14.1. The third-order valence-electron chi connectivity index (χ3n) is 4.88. The lowest BCUT2D eigenvalue weighted by Crippen LogP contribution is -2.24. The van der Waals surface area contributed by atoms with Crippen LogP contribution in [-0.2, 0) is 11.8 Å². The number of hydrogen-bond donors (Lipinski definition) is 0. The fourth-order valence-corrected chi connectivity index (χ4v) is 3.29. The van der Waals surface area contributed by atoms with E-state index in [1.807, 2.05) is 75.8 Å². The monoisotopic (exact) mass is 390 g/mol. The largest absolute Gasteiger partial charge is 0.456 e. The maximum Gasteiger partial charge on any atom is 0.338 e. The molecule has 0 radical (unpaired) electrons. The van der Waals surface area contributed by atoms with Gasteiger partial charge in [0.15, 0.2) is 5.82 Å². The van der Waals surface area contributed by atoms with E-state index in [9.17, 15) is 4.79 Å². The molecule has 0 saturated heterocycles. The van der Waals surface area contributed by atoms with Gasteiger partial charge in [0, 0.05) is 30.3 Å². The number of esters is 1. The minimum absolute atomic E-state index is 0.364. The molecule has 1 aromatic carbocycles. The number of pyridine rings is 1. The number of aromatic nitrogens is 4. The van der Waals surface area contributed by atoms with Gasteiger partial charge in [-0.25, -0.2) is 4.79 Å². The van der Waals surface area contributed by atoms with Crippen LogP contribution in [0.1, 0.15) is 61.3 Å². The van der Waals surface area contributed by atoms with Crippen molar-refractivity contribution in [1.82, 2.24) is 19.7 Å². The predicted molar refractivity (Wildman–Crippen MR) is 112 cm³/mol. The summed E-state index contributed by atoms with van der Waals surface area (Å²) in [5.41, 5.74) is 3.46. The fourth-order valence-electron chi connectivity index (χ4n) is 3.29. The Morgan fingerprint density at radius 1 is 1.10 bits per heavy atom. The summed E-state index contributed by atoms with van der Waals surface area (Å²) in [7, 11) is 1.98. The topological polar surface area (TPSA) is 69.9 Å². The highest BCUT2D eigenvalue weighted by atomic mass is 16.6. The van der Waals surface area contributed by atoms with Crippen molar-refractivity contribution in [3.05, 3.63) is 53.5 Å². The van der Waals surface area contributed by atoms with E-state index in [2.05, 4.69) is 15.2 Å². The van der Waals surface area contributed by atoms with Crippen LogP contribution in [-0.4, -0.2) is 31.3 Å². The molecule has 2 heterocycles. The van der Waals surface area contributed by atoms with E-state index in [4.69, 9.17) is 4.74 Å². The van der Waals surface area contributed by atoms with E-state index in [1.54, 1.807) is 0 Å². The number of carbonyl (C=O) groups is 1. The van der Waals surface area contributed by atoms with E-state index >= 15 is 0 Å². The van der Waals surface area contributed by atoms with Gasteiger partial charge in [0.1, 0.15) is 11.4 Å². The van der Waals surface area contributed by atoms with Gasteiger partial charge in [-0.2, -0.15) is 0 Å². The lowest BCUT2D eigenvalue weighted by Gasteiger charge is -2.20. The Labute approximate surface area is 171 Å². The number of benzene rings is 1. The van der Waals surface area contributed by atoms with Crippen LogP contribution in [0.25, 0.3) is 22.6 Å². The molecule has 4 rings (SSSR count). The molecule has 0 atom stereocenters. The number of carbonyl (C=O) groups excluding carboxylic acids is 1. The van der Waals surface area contributed by atoms with E-state index in [0.29, 0.717) is 11.5 Å². The lowest BCUT2D eigenvalue weighted by molar-refractivity contribution is 0.00696. The molecule has 2 aromatic heterocycles. The first kappa shape index (κ1) is 19.3. The molecule has 6 heteroatoms. The van der Waals surface area contributed by atoms with Crippen LogP contribution >= 0.6 is 0 Å². The highest BCUT2D eigenvalue weighted by Gasteiger charge is 2.30. The predicted octanol–water partition coefficient (Wildman–Crippen LogP) is 4.69. The van der Waals surface area contributed by atoms with Gasteiger partial charge in [-0.1, -0.05) is 6.07 Å². The first-order chi connectivity index (χ1) is 13.7. The third-order valence-corrected chi connectivity index (χ3v) is 4.88. The first-order valence-corrected chi connectivity index (χ1v) is 9.92. The molecule has 0 N–H and O–H groups in total. The molecule has 29 heavy (non-hydrogen) atoms. The summed E-state index contributed by atoms with van der Waals surface area (Å²) >= 11 is 0. The molecule has 0 amide bonds. The molecule has 0 spiro atoms. The van der Waals surface area contributed by atoms with Crippen molar-refractivity contribution < 1.29 is 9.53 Å². The van der Waals surface area contributed by atoms with Gasteiger partial charge in [-0.05, 0) is 70.4 Å². The number of nitrogens with zero attached hydrogens (tertiary/aromatic N) is 4. The maximum atomic E-state index is 12.8. The highest BCUT2D eigenvalue weighted by molar-refractivity contribution is 5.93. The van der Waals surface area contributed by atoms with Crippen LogP contribution in [0.2, 0.25) is 0 Å². The molecule has 150 valence electrons. The molecule has 0 unspecified atom stereocenters. The van der Waals surface area contributed by atoms with E-state index in [1.165, 1.54) is 0 Å². The summed E-state index contributed by atoms with van der Waals surface area (Å²) in [4.78, 5) is 17.3. The Kier molecular flexibility index (Phi) is 4.73. The molecule has 1 saturated carbocycles. The van der Waals surface area contributed by atoms with Crippen LogP contribution in [0.5, 0.6) is 0 Å². The van der Waals surface area contributed by atoms with Crippen molar-refractivity contribution in [2.45, 2.75) is 52.1 Å². The summed E-state index contributed by atoms with van der Waals surface area (Å²) in [6.07, 6.45) is 4.13. The third kappa shape index (κ3) is 4.21. The van der Waals surface area contributed by atoms with Crippen LogP contribution < -0.4 is 0 Å². The van der Waals surface area contributed by atoms with Crippen LogP contribution in [0, 0.1) is 6.92 Å². The zero-order valence-electron chi connectivity index (χ0n) is 17.6. The zero-order valence-corrected chi connectivity index (χ0v) is 17.6. The van der Waals surface area contributed by atoms with Crippen molar-refractivity contribution in [2.24, 2.45) is 7.05 Å². The fraction of sp³-hybridized carbons (Fsp3) is 0.391. The molecular weight excluding hydrogens is 364 g/mol. The molecule has 1 aliphatic rings. The van der Waals surface area contributed by atoms with Gasteiger partial charge < -0.3 is 9.30 Å². The summed E-state index contributed by atoms with van der Waals surface area (Å²) < 4.78 is 7.63. The molecule has 6 nitrogen and oxygen atoms in total. The van der Waals surface area contributed by atoms with Crippen molar-refractivity contribution in [3.63, 3.8) is 0 Å². The second-order valence-corrected chi connectivity index (χ2v) is 8.74. The van der Waals surface area contributed by atoms with Gasteiger partial charge in [-0.15, -0.1) is 10.2 Å². The van der Waals surface area contributed by atoms with Crippen molar-refractivity contribution in [3.8, 4) is 22.6 Å². The van der Waals surface area contributed by atoms with E-state index in [-0.39, 0.29) is 5.97 Å². The number of aryl methyl sites for hydroxylation is 1. The average Bonchev–Trinajstić information content (AvgIpc) is 3.42. The molecule has 1 fully saturated rings. The highest BCUT2D eigenvalue weighted by Crippen LogP contribution is 2.40. The zero-order chi connectivity index (χ0) is 20.8. The average molecular weight is 390 g/mol. The second kappa shape index (κ2) is 7.10. The van der Waals surface area contributed by atoms with Gasteiger partial charge in [0.25, 0.3) is 0 Å². The summed E-state index contributed by atoms with van der Waals surface area (Å²) in [5, 5.41) is 8.79. The Bertz CT molecular complexity index is 1060. The van der Waals surface area contributed by atoms with Crippen molar-refractivity contribution >= 4 is 5.97 Å². The SMILES string of the molecule is Cc1ccc(-c2cc(C(=O)OC(C)(C)C)cc(-c3nnc(C4CC4)n3C)c2)nc1. The Morgan fingerprint density at radius 2 is 1.83 bits per heavy atom. The van der Waals surface area contributed by atoms with Crippen LogP contribution in [0.4, 0.5) is 0 Å². The smallest absolute Gasteiger partial charge is 0.338 e. The number of hydrogen-bond acceptors (Lipinski definition) is 5. The van der Waals surface area contributed by atoms with Crippen molar-refractivity contribution in [1.29, 1.82) is 0 Å². The second-order valence-electron chi connectivity index (χ2n) is 8.74. The van der Waals surface area contributed by atoms with E-state index in [0.717, 1.165) is 46.9 Å². The molecule has 3 aromatic rings. The molecule has 1 aliphatic carbocycles. The van der Waals surface area contributed by atoms with Crippen LogP contribution in [0.15, 0.2) is 36.5 Å². The minimum Gasteiger partial charge on any atom is -0.456 e. The van der Waals surface area contributed by atoms with Gasteiger partial charge in [0.05, 0.1) is 11.3 Å².